The molecule has 1 aromatic heterocycles. The number of aryl methyl sites for hydroxylation is 1. The van der Waals surface area contributed by atoms with Crippen molar-refractivity contribution in [3.05, 3.63) is 65.9 Å². The Balaban J connectivity index is 2.11. The molecule has 1 heterocycles. The third-order valence-electron chi connectivity index (χ3n) is 3.19. The summed E-state index contributed by atoms with van der Waals surface area (Å²) in [6.45, 7) is 1.89. The van der Waals surface area contributed by atoms with E-state index in [1.807, 2.05) is 31.2 Å². The van der Waals surface area contributed by atoms with E-state index >= 15 is 0 Å². The molecule has 4 heteroatoms. The number of carbonyl (C=O) groups is 1. The van der Waals surface area contributed by atoms with Crippen LogP contribution < -0.4 is 4.74 Å². The average Bonchev–Trinajstić information content (AvgIpc) is 2.47. The van der Waals surface area contributed by atoms with E-state index < -0.39 is 5.97 Å². The lowest BCUT2D eigenvalue weighted by Gasteiger charge is -2.11. The first-order chi connectivity index (χ1) is 10.1. The van der Waals surface area contributed by atoms with Crippen LogP contribution in [0.2, 0.25) is 0 Å². The maximum absolute atomic E-state index is 11.3. The quantitative estimate of drug-likeness (QED) is 0.786. The van der Waals surface area contributed by atoms with E-state index in [9.17, 15) is 9.90 Å². The molecular weight excluding hydrogens is 266 g/mol. The molecule has 0 aliphatic carbocycles. The average molecular weight is 279 g/mol. The maximum Gasteiger partial charge on any atom is 0.339 e. The molecule has 2 aromatic carbocycles. The summed E-state index contributed by atoms with van der Waals surface area (Å²) in [4.78, 5) is 15.6. The lowest BCUT2D eigenvalue weighted by Crippen LogP contribution is -2.00. The van der Waals surface area contributed by atoms with Crippen LogP contribution in [0.5, 0.6) is 11.5 Å². The van der Waals surface area contributed by atoms with Crippen molar-refractivity contribution >= 4 is 16.9 Å². The zero-order chi connectivity index (χ0) is 14.8. The standard InChI is InChI=1S/C17H13NO3/c1-11-7-8-13(17(19)20)16(10-11)21-15-6-2-5-14-12(15)4-3-9-18-14/h2-10H,1H3,(H,19,20). The molecule has 0 bridgehead atoms. The third kappa shape index (κ3) is 2.56. The smallest absolute Gasteiger partial charge is 0.339 e. The van der Waals surface area contributed by atoms with Gasteiger partial charge in [0.25, 0.3) is 0 Å². The highest BCUT2D eigenvalue weighted by Crippen LogP contribution is 2.31. The molecule has 0 saturated carbocycles. The van der Waals surface area contributed by atoms with Crippen LogP contribution in [-0.4, -0.2) is 16.1 Å². The molecule has 0 radical (unpaired) electrons. The summed E-state index contributed by atoms with van der Waals surface area (Å²) in [6.07, 6.45) is 1.71. The Morgan fingerprint density at radius 2 is 1.95 bits per heavy atom. The van der Waals surface area contributed by atoms with E-state index in [2.05, 4.69) is 4.98 Å². The van der Waals surface area contributed by atoms with Crippen molar-refractivity contribution in [3.63, 3.8) is 0 Å². The first kappa shape index (κ1) is 13.1. The number of aromatic carboxylic acids is 1. The van der Waals surface area contributed by atoms with Crippen LogP contribution in [0.15, 0.2) is 54.7 Å². The highest BCUT2D eigenvalue weighted by atomic mass is 16.5. The van der Waals surface area contributed by atoms with Gasteiger partial charge >= 0.3 is 5.97 Å². The van der Waals surface area contributed by atoms with Gasteiger partial charge in [0.05, 0.1) is 5.52 Å². The number of carboxylic acids is 1. The highest BCUT2D eigenvalue weighted by molar-refractivity contribution is 5.91. The monoisotopic (exact) mass is 279 g/mol. The van der Waals surface area contributed by atoms with Gasteiger partial charge in [0, 0.05) is 11.6 Å². The van der Waals surface area contributed by atoms with Crippen LogP contribution in [0.3, 0.4) is 0 Å². The molecule has 0 aliphatic heterocycles. The van der Waals surface area contributed by atoms with Crippen molar-refractivity contribution in [1.82, 2.24) is 4.98 Å². The Morgan fingerprint density at radius 1 is 1.10 bits per heavy atom. The van der Waals surface area contributed by atoms with E-state index in [0.717, 1.165) is 16.5 Å². The maximum atomic E-state index is 11.3. The zero-order valence-corrected chi connectivity index (χ0v) is 11.4. The van der Waals surface area contributed by atoms with Gasteiger partial charge in [0.1, 0.15) is 17.1 Å². The van der Waals surface area contributed by atoms with E-state index in [1.165, 1.54) is 0 Å². The number of hydrogen-bond acceptors (Lipinski definition) is 3. The largest absolute Gasteiger partial charge is 0.478 e. The van der Waals surface area contributed by atoms with Gasteiger partial charge in [-0.15, -0.1) is 0 Å². The lowest BCUT2D eigenvalue weighted by molar-refractivity contribution is 0.0694. The molecule has 0 unspecified atom stereocenters. The second-order valence-electron chi connectivity index (χ2n) is 4.73. The Hall–Kier alpha value is -2.88. The van der Waals surface area contributed by atoms with Crippen molar-refractivity contribution in [2.75, 3.05) is 0 Å². The molecule has 3 aromatic rings. The van der Waals surface area contributed by atoms with Crippen LogP contribution in [0.1, 0.15) is 15.9 Å². The van der Waals surface area contributed by atoms with Gasteiger partial charge in [-0.2, -0.15) is 0 Å². The molecule has 0 fully saturated rings. The van der Waals surface area contributed by atoms with E-state index in [4.69, 9.17) is 4.74 Å². The van der Waals surface area contributed by atoms with Crippen LogP contribution in [-0.2, 0) is 0 Å². The van der Waals surface area contributed by atoms with Gasteiger partial charge in [-0.1, -0.05) is 12.1 Å². The number of ether oxygens (including phenoxy) is 1. The number of aromatic nitrogens is 1. The van der Waals surface area contributed by atoms with Crippen molar-refractivity contribution in [3.8, 4) is 11.5 Å². The summed E-state index contributed by atoms with van der Waals surface area (Å²) in [5.41, 5.74) is 1.88. The fraction of sp³-hybridized carbons (Fsp3) is 0.0588. The second kappa shape index (κ2) is 5.25. The summed E-state index contributed by atoms with van der Waals surface area (Å²) in [7, 11) is 0. The van der Waals surface area contributed by atoms with Crippen molar-refractivity contribution in [2.24, 2.45) is 0 Å². The molecule has 104 valence electrons. The summed E-state index contributed by atoms with van der Waals surface area (Å²) >= 11 is 0. The summed E-state index contributed by atoms with van der Waals surface area (Å²) < 4.78 is 5.84. The van der Waals surface area contributed by atoms with Gasteiger partial charge in [-0.25, -0.2) is 4.79 Å². The lowest BCUT2D eigenvalue weighted by atomic mass is 10.1. The van der Waals surface area contributed by atoms with Gasteiger partial charge in [0.2, 0.25) is 0 Å². The number of rotatable bonds is 3. The predicted octanol–water partition coefficient (Wildman–Crippen LogP) is 4.03. The highest BCUT2D eigenvalue weighted by Gasteiger charge is 2.13. The predicted molar refractivity (Wildman–Crippen MR) is 80.0 cm³/mol. The zero-order valence-electron chi connectivity index (χ0n) is 11.4. The van der Waals surface area contributed by atoms with Crippen molar-refractivity contribution in [1.29, 1.82) is 0 Å². The minimum Gasteiger partial charge on any atom is -0.478 e. The van der Waals surface area contributed by atoms with Gasteiger partial charge in [-0.05, 0) is 48.9 Å². The third-order valence-corrected chi connectivity index (χ3v) is 3.19. The van der Waals surface area contributed by atoms with Crippen LogP contribution in [0.4, 0.5) is 0 Å². The Kier molecular flexibility index (Phi) is 3.28. The van der Waals surface area contributed by atoms with E-state index in [1.54, 1.807) is 30.5 Å². The summed E-state index contributed by atoms with van der Waals surface area (Å²) in [6, 6.07) is 14.3. The minimum atomic E-state index is -1.01. The number of fused-ring (bicyclic) bond motifs is 1. The van der Waals surface area contributed by atoms with Gasteiger partial charge < -0.3 is 9.84 Å². The molecule has 0 amide bonds. The number of hydrogen-bond donors (Lipinski definition) is 1. The molecule has 0 aliphatic rings. The first-order valence-electron chi connectivity index (χ1n) is 6.51. The number of benzene rings is 2. The van der Waals surface area contributed by atoms with Crippen LogP contribution >= 0.6 is 0 Å². The SMILES string of the molecule is Cc1ccc(C(=O)O)c(Oc2cccc3ncccc23)c1. The first-order valence-corrected chi connectivity index (χ1v) is 6.51. The molecule has 21 heavy (non-hydrogen) atoms. The molecule has 4 nitrogen and oxygen atoms in total. The molecule has 1 N–H and O–H groups in total. The number of pyridine rings is 1. The van der Waals surface area contributed by atoms with Crippen LogP contribution in [0, 0.1) is 6.92 Å². The summed E-state index contributed by atoms with van der Waals surface area (Å²) in [5, 5.41) is 10.1. The minimum absolute atomic E-state index is 0.140. The number of carboxylic acid groups (broad SMARTS) is 1. The molecule has 0 spiro atoms. The molecule has 0 saturated heterocycles. The van der Waals surface area contributed by atoms with Crippen LogP contribution in [0.25, 0.3) is 10.9 Å². The Labute approximate surface area is 121 Å². The summed E-state index contributed by atoms with van der Waals surface area (Å²) in [5.74, 6) is -0.0871. The van der Waals surface area contributed by atoms with E-state index in [-0.39, 0.29) is 5.56 Å². The number of nitrogens with zero attached hydrogens (tertiary/aromatic N) is 1. The molecular formula is C17H13NO3. The van der Waals surface area contributed by atoms with Gasteiger partial charge in [-0.3, -0.25) is 4.98 Å². The topological polar surface area (TPSA) is 59.4 Å². The van der Waals surface area contributed by atoms with Gasteiger partial charge in [0.15, 0.2) is 0 Å². The fourth-order valence-electron chi connectivity index (χ4n) is 2.17. The van der Waals surface area contributed by atoms with Crippen molar-refractivity contribution in [2.45, 2.75) is 6.92 Å². The molecule has 3 rings (SSSR count). The Bertz CT molecular complexity index is 822. The van der Waals surface area contributed by atoms with Crippen molar-refractivity contribution < 1.29 is 14.6 Å². The fourth-order valence-corrected chi connectivity index (χ4v) is 2.17. The normalized spacial score (nSPS) is 10.5. The molecule has 0 atom stereocenters. The second-order valence-corrected chi connectivity index (χ2v) is 4.73. The van der Waals surface area contributed by atoms with E-state index in [0.29, 0.717) is 11.5 Å². The Morgan fingerprint density at radius 3 is 2.76 bits per heavy atom.